The number of aromatic nitrogens is 2. The van der Waals surface area contributed by atoms with Gasteiger partial charge in [0.1, 0.15) is 0 Å². The lowest BCUT2D eigenvalue weighted by Gasteiger charge is -2.37. The highest BCUT2D eigenvalue weighted by atomic mass is 16.5. The third-order valence-electron chi connectivity index (χ3n) is 4.46. The first-order valence-corrected chi connectivity index (χ1v) is 7.62. The summed E-state index contributed by atoms with van der Waals surface area (Å²) in [4.78, 5) is 2.46. The van der Waals surface area contributed by atoms with Gasteiger partial charge in [-0.15, -0.1) is 0 Å². The Labute approximate surface area is 127 Å². The molecular formula is C15H28N4O2. The van der Waals surface area contributed by atoms with Gasteiger partial charge in [-0.2, -0.15) is 5.10 Å². The lowest BCUT2D eigenvalue weighted by atomic mass is 9.95. The predicted octanol–water partition coefficient (Wildman–Crippen LogP) is 1.10. The Hall–Kier alpha value is -1.11. The van der Waals surface area contributed by atoms with Crippen LogP contribution >= 0.6 is 0 Å². The Kier molecular flexibility index (Phi) is 5.61. The van der Waals surface area contributed by atoms with E-state index in [4.69, 9.17) is 15.2 Å². The van der Waals surface area contributed by atoms with Gasteiger partial charge in [0.25, 0.3) is 0 Å². The van der Waals surface area contributed by atoms with Crippen molar-refractivity contribution in [3.05, 3.63) is 11.3 Å². The van der Waals surface area contributed by atoms with Crippen molar-refractivity contribution in [3.8, 4) is 5.88 Å². The Morgan fingerprint density at radius 3 is 2.52 bits per heavy atom. The molecule has 2 N–H and O–H groups in total. The third kappa shape index (κ3) is 3.39. The largest absolute Gasteiger partial charge is 0.481 e. The van der Waals surface area contributed by atoms with Gasteiger partial charge >= 0.3 is 0 Å². The van der Waals surface area contributed by atoms with E-state index in [1.807, 2.05) is 14.0 Å². The highest BCUT2D eigenvalue weighted by molar-refractivity contribution is 5.34. The van der Waals surface area contributed by atoms with E-state index >= 15 is 0 Å². The fourth-order valence-corrected chi connectivity index (χ4v) is 3.40. The lowest BCUT2D eigenvalue weighted by Crippen LogP contribution is -2.40. The van der Waals surface area contributed by atoms with Gasteiger partial charge < -0.3 is 15.2 Å². The molecule has 21 heavy (non-hydrogen) atoms. The molecule has 1 saturated heterocycles. The van der Waals surface area contributed by atoms with E-state index < -0.39 is 0 Å². The second-order valence-corrected chi connectivity index (χ2v) is 5.82. The van der Waals surface area contributed by atoms with Gasteiger partial charge in [-0.3, -0.25) is 4.90 Å². The van der Waals surface area contributed by atoms with Crippen LogP contribution in [0.5, 0.6) is 5.88 Å². The number of hydrogen-bond acceptors (Lipinski definition) is 5. The molecule has 2 heterocycles. The summed E-state index contributed by atoms with van der Waals surface area (Å²) < 4.78 is 12.6. The van der Waals surface area contributed by atoms with Gasteiger partial charge in [0, 0.05) is 27.3 Å². The summed E-state index contributed by atoms with van der Waals surface area (Å²) in [5.74, 6) is 1.49. The van der Waals surface area contributed by atoms with E-state index in [9.17, 15) is 0 Å². The average Bonchev–Trinajstić information content (AvgIpc) is 2.76. The molecule has 0 bridgehead atoms. The number of ether oxygens (including phenoxy) is 2. The number of piperidine rings is 1. The van der Waals surface area contributed by atoms with Crippen molar-refractivity contribution in [1.29, 1.82) is 0 Å². The van der Waals surface area contributed by atoms with Gasteiger partial charge in [-0.25, -0.2) is 4.68 Å². The van der Waals surface area contributed by atoms with Crippen LogP contribution in [0.1, 0.15) is 30.1 Å². The van der Waals surface area contributed by atoms with E-state index in [2.05, 4.69) is 10.00 Å². The number of hydrogen-bond donors (Lipinski definition) is 1. The zero-order valence-electron chi connectivity index (χ0n) is 13.6. The summed E-state index contributed by atoms with van der Waals surface area (Å²) in [5, 5.41) is 4.48. The number of aryl methyl sites for hydroxylation is 2. The summed E-state index contributed by atoms with van der Waals surface area (Å²) in [6.07, 6.45) is 2.32. The second kappa shape index (κ2) is 7.24. The van der Waals surface area contributed by atoms with E-state index in [-0.39, 0.29) is 6.04 Å². The van der Waals surface area contributed by atoms with Crippen LogP contribution in [0, 0.1) is 12.8 Å². The van der Waals surface area contributed by atoms with E-state index in [1.165, 1.54) is 0 Å². The van der Waals surface area contributed by atoms with Crippen LogP contribution in [-0.4, -0.2) is 55.1 Å². The lowest BCUT2D eigenvalue weighted by molar-refractivity contribution is 0.0802. The molecular weight excluding hydrogens is 268 g/mol. The molecule has 0 amide bonds. The zero-order valence-corrected chi connectivity index (χ0v) is 13.6. The molecule has 0 spiro atoms. The number of nitrogens with zero attached hydrogens (tertiary/aromatic N) is 3. The number of nitrogens with two attached hydrogens (primary N) is 1. The molecule has 1 aliphatic rings. The van der Waals surface area contributed by atoms with Crippen LogP contribution in [0.4, 0.5) is 0 Å². The van der Waals surface area contributed by atoms with Crippen LogP contribution in [-0.2, 0) is 11.8 Å². The molecule has 1 aromatic rings. The Bertz CT molecular complexity index is 453. The Morgan fingerprint density at radius 1 is 1.33 bits per heavy atom. The average molecular weight is 296 g/mol. The minimum atomic E-state index is 0.178. The topological polar surface area (TPSA) is 65.5 Å². The first kappa shape index (κ1) is 16.3. The van der Waals surface area contributed by atoms with Crippen LogP contribution in [0.15, 0.2) is 0 Å². The highest BCUT2D eigenvalue weighted by Gasteiger charge is 2.30. The highest BCUT2D eigenvalue weighted by Crippen LogP contribution is 2.33. The van der Waals surface area contributed by atoms with Gasteiger partial charge in [0.15, 0.2) is 0 Å². The van der Waals surface area contributed by atoms with Crippen molar-refractivity contribution in [3.63, 3.8) is 0 Å². The third-order valence-corrected chi connectivity index (χ3v) is 4.46. The number of methoxy groups -OCH3 is 2. The SMILES string of the molecule is COCC1CCN(C(CN)c2c(C)nn(C)c2OC)CC1. The maximum absolute atomic E-state index is 6.07. The smallest absolute Gasteiger partial charge is 0.216 e. The van der Waals surface area contributed by atoms with Crippen molar-refractivity contribution < 1.29 is 9.47 Å². The van der Waals surface area contributed by atoms with Crippen LogP contribution in [0.25, 0.3) is 0 Å². The minimum absolute atomic E-state index is 0.178. The number of likely N-dealkylation sites (tertiary alicyclic amines) is 1. The van der Waals surface area contributed by atoms with Gasteiger partial charge in [-0.05, 0) is 38.8 Å². The monoisotopic (exact) mass is 296 g/mol. The Balaban J connectivity index is 2.14. The fourth-order valence-electron chi connectivity index (χ4n) is 3.40. The molecule has 6 nitrogen and oxygen atoms in total. The molecule has 6 heteroatoms. The van der Waals surface area contributed by atoms with Crippen LogP contribution < -0.4 is 10.5 Å². The van der Waals surface area contributed by atoms with Crippen molar-refractivity contribution in [2.75, 3.05) is 40.5 Å². The van der Waals surface area contributed by atoms with Crippen LogP contribution in [0.3, 0.4) is 0 Å². The molecule has 1 aromatic heterocycles. The molecule has 2 rings (SSSR count). The summed E-state index contributed by atoms with van der Waals surface area (Å²) in [7, 11) is 5.38. The molecule has 1 atom stereocenters. The van der Waals surface area contributed by atoms with Crippen LogP contribution in [0.2, 0.25) is 0 Å². The predicted molar refractivity (Wildman–Crippen MR) is 82.5 cm³/mol. The maximum atomic E-state index is 6.07. The second-order valence-electron chi connectivity index (χ2n) is 5.82. The van der Waals surface area contributed by atoms with Crippen molar-refractivity contribution in [1.82, 2.24) is 14.7 Å². The molecule has 1 unspecified atom stereocenters. The molecule has 1 aliphatic heterocycles. The molecule has 0 saturated carbocycles. The first-order chi connectivity index (χ1) is 10.1. The zero-order chi connectivity index (χ0) is 15.4. The molecule has 0 aromatic carbocycles. The summed E-state index contributed by atoms with van der Waals surface area (Å²) in [5.41, 5.74) is 8.21. The number of rotatable bonds is 6. The first-order valence-electron chi connectivity index (χ1n) is 7.62. The molecule has 0 radical (unpaired) electrons. The van der Waals surface area contributed by atoms with E-state index in [0.29, 0.717) is 12.5 Å². The fraction of sp³-hybridized carbons (Fsp3) is 0.800. The normalized spacial score (nSPS) is 18.9. The van der Waals surface area contributed by atoms with Gasteiger partial charge in [0.05, 0.1) is 24.4 Å². The quantitative estimate of drug-likeness (QED) is 0.851. The van der Waals surface area contributed by atoms with E-state index in [1.54, 1.807) is 18.9 Å². The minimum Gasteiger partial charge on any atom is -0.481 e. The standard InChI is InChI=1S/C15H28N4O2/c1-11-14(15(21-4)18(2)17-11)13(9-16)19-7-5-12(6-8-19)10-20-3/h12-13H,5-10,16H2,1-4H3. The van der Waals surface area contributed by atoms with Gasteiger partial charge in [0.2, 0.25) is 5.88 Å². The molecule has 1 fully saturated rings. The summed E-state index contributed by atoms with van der Waals surface area (Å²) in [6.45, 7) is 5.56. The van der Waals surface area contributed by atoms with Crippen molar-refractivity contribution in [2.45, 2.75) is 25.8 Å². The maximum Gasteiger partial charge on any atom is 0.216 e. The van der Waals surface area contributed by atoms with Gasteiger partial charge in [-0.1, -0.05) is 0 Å². The van der Waals surface area contributed by atoms with Crippen molar-refractivity contribution >= 4 is 0 Å². The Morgan fingerprint density at radius 2 is 2.00 bits per heavy atom. The summed E-state index contributed by atoms with van der Waals surface area (Å²) >= 11 is 0. The van der Waals surface area contributed by atoms with E-state index in [0.717, 1.165) is 49.7 Å². The summed E-state index contributed by atoms with van der Waals surface area (Å²) in [6, 6.07) is 0.178. The molecule has 120 valence electrons. The molecule has 0 aliphatic carbocycles. The van der Waals surface area contributed by atoms with Crippen molar-refractivity contribution in [2.24, 2.45) is 18.7 Å².